The van der Waals surface area contributed by atoms with E-state index in [1.54, 1.807) is 0 Å². The summed E-state index contributed by atoms with van der Waals surface area (Å²) in [6, 6.07) is 0.440. The zero-order valence-electron chi connectivity index (χ0n) is 18.5. The predicted octanol–water partition coefficient (Wildman–Crippen LogP) is 5.72. The Morgan fingerprint density at radius 1 is 1.04 bits per heavy atom. The summed E-state index contributed by atoms with van der Waals surface area (Å²) in [5.41, 5.74) is 0.570. The molecule has 0 bridgehead atoms. The summed E-state index contributed by atoms with van der Waals surface area (Å²) in [7, 11) is -0.966. The van der Waals surface area contributed by atoms with Crippen LogP contribution in [-0.4, -0.2) is 41.8 Å². The molecule has 4 atom stereocenters. The molecule has 4 unspecified atom stereocenters. The van der Waals surface area contributed by atoms with Gasteiger partial charge < -0.3 is 9.05 Å². The fourth-order valence-corrected chi connectivity index (χ4v) is 6.40. The number of piperidine rings is 1. The second kappa shape index (κ2) is 8.74. The van der Waals surface area contributed by atoms with Gasteiger partial charge in [-0.05, 0) is 52.0 Å². The number of rotatable bonds is 7. The Kier molecular flexibility index (Phi) is 7.58. The zero-order valence-corrected chi connectivity index (χ0v) is 19.4. The summed E-state index contributed by atoms with van der Waals surface area (Å²) >= 11 is 0. The first-order chi connectivity index (χ1) is 12.1. The van der Waals surface area contributed by atoms with Gasteiger partial charge in [0.2, 0.25) is 0 Å². The third kappa shape index (κ3) is 4.63. The van der Waals surface area contributed by atoms with E-state index >= 15 is 0 Å². The SMILES string of the molecule is CCCCN1C(C)(CC)CC(NP2OCC(C)(C)CO2)C(C)C1(C)CC. The Morgan fingerprint density at radius 2 is 1.65 bits per heavy atom. The van der Waals surface area contributed by atoms with Crippen molar-refractivity contribution in [2.75, 3.05) is 19.8 Å². The summed E-state index contributed by atoms with van der Waals surface area (Å²) in [5, 5.41) is 3.79. The molecule has 0 aromatic carbocycles. The van der Waals surface area contributed by atoms with Crippen LogP contribution in [0.4, 0.5) is 0 Å². The van der Waals surface area contributed by atoms with Crippen molar-refractivity contribution in [3.8, 4) is 0 Å². The minimum atomic E-state index is -0.966. The molecule has 2 saturated heterocycles. The minimum Gasteiger partial charge on any atom is -0.321 e. The van der Waals surface area contributed by atoms with Crippen LogP contribution in [0.1, 0.15) is 87.5 Å². The first-order valence-corrected chi connectivity index (χ1v) is 11.9. The number of nitrogens with zero attached hydrogens (tertiary/aromatic N) is 1. The van der Waals surface area contributed by atoms with Crippen molar-refractivity contribution in [3.05, 3.63) is 0 Å². The lowest BCUT2D eigenvalue weighted by molar-refractivity contribution is -0.0952. The van der Waals surface area contributed by atoms with E-state index in [-0.39, 0.29) is 16.5 Å². The van der Waals surface area contributed by atoms with Gasteiger partial charge in [0.15, 0.2) is 0 Å². The Labute approximate surface area is 163 Å². The maximum Gasteiger partial charge on any atom is 0.256 e. The molecule has 0 amide bonds. The van der Waals surface area contributed by atoms with Crippen molar-refractivity contribution >= 4 is 8.53 Å². The molecule has 4 nitrogen and oxygen atoms in total. The first kappa shape index (κ1) is 22.6. The van der Waals surface area contributed by atoms with Crippen LogP contribution in [0.3, 0.4) is 0 Å². The standard InChI is InChI=1S/C21H43N2O2P/c1-9-12-13-23-20(7,10-2)14-18(17(4)21(23,8)11-3)22-26-24-15-19(5,6)16-25-26/h17-18,22H,9-16H2,1-8H3. The third-order valence-corrected chi connectivity index (χ3v) is 8.41. The molecule has 2 aliphatic heterocycles. The molecule has 1 N–H and O–H groups in total. The van der Waals surface area contributed by atoms with Crippen LogP contribution in [0.25, 0.3) is 0 Å². The highest BCUT2D eigenvalue weighted by atomic mass is 31.2. The lowest BCUT2D eigenvalue weighted by atomic mass is 9.67. The van der Waals surface area contributed by atoms with Gasteiger partial charge in [0.05, 0.1) is 13.2 Å². The fraction of sp³-hybridized carbons (Fsp3) is 1.00. The van der Waals surface area contributed by atoms with E-state index < -0.39 is 8.53 Å². The van der Waals surface area contributed by atoms with Crippen LogP contribution < -0.4 is 5.09 Å². The monoisotopic (exact) mass is 386 g/mol. The van der Waals surface area contributed by atoms with Gasteiger partial charge in [-0.1, -0.05) is 48.0 Å². The van der Waals surface area contributed by atoms with Crippen molar-refractivity contribution < 1.29 is 9.05 Å². The molecule has 0 aromatic heterocycles. The second-order valence-electron chi connectivity index (χ2n) is 9.76. The number of hydrogen-bond donors (Lipinski definition) is 1. The fourth-order valence-electron chi connectivity index (χ4n) is 4.66. The van der Waals surface area contributed by atoms with Gasteiger partial charge in [0.25, 0.3) is 8.53 Å². The van der Waals surface area contributed by atoms with Gasteiger partial charge in [-0.25, -0.2) is 5.09 Å². The third-order valence-electron chi connectivity index (χ3n) is 7.14. The molecule has 0 aliphatic carbocycles. The average Bonchev–Trinajstić information content (AvgIpc) is 2.61. The topological polar surface area (TPSA) is 33.7 Å². The zero-order chi connectivity index (χ0) is 19.6. The van der Waals surface area contributed by atoms with E-state index in [0.717, 1.165) is 13.2 Å². The lowest BCUT2D eigenvalue weighted by Crippen LogP contribution is -2.69. The van der Waals surface area contributed by atoms with Crippen molar-refractivity contribution in [3.63, 3.8) is 0 Å². The van der Waals surface area contributed by atoms with Gasteiger partial charge >= 0.3 is 0 Å². The molecule has 0 saturated carbocycles. The molecular weight excluding hydrogens is 343 g/mol. The molecule has 0 radical (unpaired) electrons. The molecule has 2 aliphatic rings. The Balaban J connectivity index is 2.16. The van der Waals surface area contributed by atoms with Crippen LogP contribution in [0.2, 0.25) is 0 Å². The molecule has 2 heterocycles. The smallest absolute Gasteiger partial charge is 0.256 e. The summed E-state index contributed by atoms with van der Waals surface area (Å²) < 4.78 is 12.1. The molecular formula is C21H43N2O2P. The van der Waals surface area contributed by atoms with E-state index in [2.05, 4.69) is 65.4 Å². The molecule has 5 heteroatoms. The van der Waals surface area contributed by atoms with Crippen LogP contribution in [0.5, 0.6) is 0 Å². The Hall–Kier alpha value is 0.270. The maximum absolute atomic E-state index is 6.06. The summed E-state index contributed by atoms with van der Waals surface area (Å²) in [6.45, 7) is 21.6. The highest BCUT2D eigenvalue weighted by Crippen LogP contribution is 2.50. The van der Waals surface area contributed by atoms with Gasteiger partial charge in [-0.2, -0.15) is 0 Å². The van der Waals surface area contributed by atoms with Crippen LogP contribution in [0.15, 0.2) is 0 Å². The van der Waals surface area contributed by atoms with Crippen molar-refractivity contribution in [1.82, 2.24) is 9.99 Å². The molecule has 0 aromatic rings. The number of unbranched alkanes of at least 4 members (excludes halogenated alkanes) is 1. The minimum absolute atomic E-state index is 0.130. The van der Waals surface area contributed by atoms with E-state index in [9.17, 15) is 0 Å². The summed E-state index contributed by atoms with van der Waals surface area (Å²) in [4.78, 5) is 2.84. The van der Waals surface area contributed by atoms with E-state index in [0.29, 0.717) is 12.0 Å². The van der Waals surface area contributed by atoms with Crippen molar-refractivity contribution in [1.29, 1.82) is 0 Å². The number of nitrogens with one attached hydrogen (secondary N) is 1. The van der Waals surface area contributed by atoms with Crippen LogP contribution >= 0.6 is 8.53 Å². The maximum atomic E-state index is 6.06. The van der Waals surface area contributed by atoms with Crippen LogP contribution in [0, 0.1) is 11.3 Å². The second-order valence-corrected chi connectivity index (χ2v) is 11.1. The van der Waals surface area contributed by atoms with E-state index in [4.69, 9.17) is 9.05 Å². The highest BCUT2D eigenvalue weighted by Gasteiger charge is 2.52. The van der Waals surface area contributed by atoms with E-state index in [1.807, 2.05) is 0 Å². The van der Waals surface area contributed by atoms with Crippen molar-refractivity contribution in [2.24, 2.45) is 11.3 Å². The molecule has 26 heavy (non-hydrogen) atoms. The highest BCUT2D eigenvalue weighted by molar-refractivity contribution is 7.45. The lowest BCUT2D eigenvalue weighted by Gasteiger charge is -2.61. The van der Waals surface area contributed by atoms with Crippen LogP contribution in [-0.2, 0) is 9.05 Å². The molecule has 0 spiro atoms. The summed E-state index contributed by atoms with van der Waals surface area (Å²) in [5.74, 6) is 0.564. The quantitative estimate of drug-likeness (QED) is 0.567. The Morgan fingerprint density at radius 3 is 2.15 bits per heavy atom. The van der Waals surface area contributed by atoms with Gasteiger partial charge in [0, 0.05) is 22.5 Å². The van der Waals surface area contributed by atoms with E-state index in [1.165, 1.54) is 38.6 Å². The molecule has 154 valence electrons. The molecule has 2 fully saturated rings. The van der Waals surface area contributed by atoms with Gasteiger partial charge in [-0.3, -0.25) is 4.90 Å². The van der Waals surface area contributed by atoms with Gasteiger partial charge in [-0.15, -0.1) is 0 Å². The molecule has 2 rings (SSSR count). The van der Waals surface area contributed by atoms with Crippen molar-refractivity contribution in [2.45, 2.75) is 105 Å². The predicted molar refractivity (Wildman–Crippen MR) is 112 cm³/mol. The average molecular weight is 387 g/mol. The number of hydrogen-bond acceptors (Lipinski definition) is 4. The first-order valence-electron chi connectivity index (χ1n) is 10.7. The Bertz CT molecular complexity index is 451. The largest absolute Gasteiger partial charge is 0.321 e. The number of likely N-dealkylation sites (tertiary alicyclic amines) is 1. The van der Waals surface area contributed by atoms with Gasteiger partial charge in [0.1, 0.15) is 0 Å². The summed E-state index contributed by atoms with van der Waals surface area (Å²) in [6.07, 6.45) is 6.07. The normalized spacial score (nSPS) is 39.2.